The zero-order valence-corrected chi connectivity index (χ0v) is 12.3. The van der Waals surface area contributed by atoms with E-state index in [2.05, 4.69) is 54.9 Å². The van der Waals surface area contributed by atoms with Gasteiger partial charge in [-0.3, -0.25) is 0 Å². The summed E-state index contributed by atoms with van der Waals surface area (Å²) in [5, 5.41) is 3.53. The molecule has 1 N–H and O–H groups in total. The van der Waals surface area contributed by atoms with Gasteiger partial charge in [-0.2, -0.15) is 0 Å². The number of imidazole rings is 1. The Morgan fingerprint density at radius 1 is 1.39 bits per heavy atom. The fraction of sp³-hybridized carbons (Fsp3) is 0.786. The highest BCUT2D eigenvalue weighted by atomic mass is 15.2. The Kier molecular flexibility index (Phi) is 3.78. The number of nitrogens with zero attached hydrogens (tertiary/aromatic N) is 3. The van der Waals surface area contributed by atoms with Crippen LogP contribution in [-0.2, 0) is 7.05 Å². The van der Waals surface area contributed by atoms with E-state index in [4.69, 9.17) is 0 Å². The molecule has 0 bridgehead atoms. The second kappa shape index (κ2) is 5.02. The maximum atomic E-state index is 4.45. The molecule has 0 aliphatic heterocycles. The topological polar surface area (TPSA) is 33.1 Å². The van der Waals surface area contributed by atoms with Crippen LogP contribution in [0, 0.1) is 6.92 Å². The Morgan fingerprint density at radius 2 is 2.00 bits per heavy atom. The molecule has 1 atom stereocenters. The summed E-state index contributed by atoms with van der Waals surface area (Å²) < 4.78 is 2.21. The molecule has 0 aromatic carbocycles. The molecule has 1 aliphatic carbocycles. The zero-order chi connectivity index (χ0) is 13.3. The van der Waals surface area contributed by atoms with Crippen LogP contribution in [0.1, 0.15) is 43.2 Å². The minimum Gasteiger partial charge on any atom is -0.334 e. The highest BCUT2D eigenvalue weighted by Crippen LogP contribution is 2.43. The normalized spacial score (nSPS) is 20.6. The summed E-state index contributed by atoms with van der Waals surface area (Å²) in [6.45, 7) is 2.06. The molecule has 1 saturated carbocycles. The van der Waals surface area contributed by atoms with Crippen molar-refractivity contribution in [1.29, 1.82) is 0 Å². The van der Waals surface area contributed by atoms with E-state index in [0.717, 1.165) is 5.82 Å². The zero-order valence-electron chi connectivity index (χ0n) is 12.3. The number of nitrogens with one attached hydrogen (secondary N) is 1. The first-order valence-electron chi connectivity index (χ1n) is 6.86. The lowest BCUT2D eigenvalue weighted by Crippen LogP contribution is -2.51. The van der Waals surface area contributed by atoms with Crippen molar-refractivity contribution in [1.82, 2.24) is 19.8 Å². The number of aromatic nitrogens is 2. The molecule has 1 fully saturated rings. The van der Waals surface area contributed by atoms with Crippen LogP contribution in [0.5, 0.6) is 0 Å². The van der Waals surface area contributed by atoms with Crippen LogP contribution in [-0.4, -0.2) is 41.1 Å². The maximum absolute atomic E-state index is 4.45. The van der Waals surface area contributed by atoms with E-state index in [1.165, 1.54) is 31.4 Å². The lowest BCUT2D eigenvalue weighted by molar-refractivity contribution is 0.105. The average molecular weight is 250 g/mol. The largest absolute Gasteiger partial charge is 0.334 e. The highest BCUT2D eigenvalue weighted by Gasteiger charge is 2.44. The number of rotatable bonds is 4. The lowest BCUT2D eigenvalue weighted by Gasteiger charge is -2.43. The molecule has 102 valence electrons. The third-order valence-electron chi connectivity index (χ3n) is 4.74. The molecule has 1 aromatic heterocycles. The van der Waals surface area contributed by atoms with Crippen LogP contribution in [0.4, 0.5) is 0 Å². The van der Waals surface area contributed by atoms with Crippen molar-refractivity contribution >= 4 is 0 Å². The summed E-state index contributed by atoms with van der Waals surface area (Å²) in [7, 11) is 8.59. The predicted octanol–water partition coefficient (Wildman–Crippen LogP) is 1.86. The Hall–Kier alpha value is -0.870. The molecule has 0 spiro atoms. The summed E-state index contributed by atoms with van der Waals surface area (Å²) in [6.07, 6.45) is 7.20. The highest BCUT2D eigenvalue weighted by molar-refractivity contribution is 5.17. The summed E-state index contributed by atoms with van der Waals surface area (Å²) in [5.74, 6) is 1.08. The Bertz CT molecular complexity index is 402. The van der Waals surface area contributed by atoms with Crippen molar-refractivity contribution in [3.8, 4) is 0 Å². The smallest absolute Gasteiger partial charge is 0.105 e. The van der Waals surface area contributed by atoms with Crippen LogP contribution in [0.3, 0.4) is 0 Å². The average Bonchev–Trinajstić information content (AvgIpc) is 2.93. The predicted molar refractivity (Wildman–Crippen MR) is 74.6 cm³/mol. The van der Waals surface area contributed by atoms with Crippen molar-refractivity contribution in [2.45, 2.75) is 44.2 Å². The number of hydrogen-bond acceptors (Lipinski definition) is 3. The van der Waals surface area contributed by atoms with Crippen LogP contribution >= 0.6 is 0 Å². The van der Waals surface area contributed by atoms with Gasteiger partial charge in [0, 0.05) is 12.6 Å². The van der Waals surface area contributed by atoms with Crippen molar-refractivity contribution in [2.75, 3.05) is 21.1 Å². The fourth-order valence-corrected chi connectivity index (χ4v) is 3.46. The molecule has 2 rings (SSSR count). The second-order valence-corrected chi connectivity index (χ2v) is 5.72. The van der Waals surface area contributed by atoms with Gasteiger partial charge in [0.25, 0.3) is 0 Å². The second-order valence-electron chi connectivity index (χ2n) is 5.72. The first-order valence-corrected chi connectivity index (χ1v) is 6.86. The van der Waals surface area contributed by atoms with Crippen LogP contribution in [0.25, 0.3) is 0 Å². The third kappa shape index (κ3) is 1.97. The van der Waals surface area contributed by atoms with Gasteiger partial charge in [0.1, 0.15) is 5.82 Å². The van der Waals surface area contributed by atoms with Gasteiger partial charge >= 0.3 is 0 Å². The number of hydrogen-bond donors (Lipinski definition) is 1. The Balaban J connectivity index is 2.40. The summed E-state index contributed by atoms with van der Waals surface area (Å²) in [4.78, 5) is 6.86. The van der Waals surface area contributed by atoms with Gasteiger partial charge in [0.2, 0.25) is 0 Å². The Morgan fingerprint density at radius 3 is 2.39 bits per heavy atom. The van der Waals surface area contributed by atoms with Crippen LogP contribution in [0.2, 0.25) is 0 Å². The molecule has 0 amide bonds. The molecule has 0 radical (unpaired) electrons. The van der Waals surface area contributed by atoms with Crippen molar-refractivity contribution in [3.05, 3.63) is 17.7 Å². The van der Waals surface area contributed by atoms with Gasteiger partial charge in [-0.05, 0) is 40.9 Å². The molecule has 4 nitrogen and oxygen atoms in total. The summed E-state index contributed by atoms with van der Waals surface area (Å²) >= 11 is 0. The van der Waals surface area contributed by atoms with Crippen molar-refractivity contribution < 1.29 is 0 Å². The minimum atomic E-state index is 0.231. The molecule has 1 aromatic rings. The van der Waals surface area contributed by atoms with Gasteiger partial charge in [-0.25, -0.2) is 4.98 Å². The molecule has 18 heavy (non-hydrogen) atoms. The maximum Gasteiger partial charge on any atom is 0.105 e. The van der Waals surface area contributed by atoms with E-state index in [1.54, 1.807) is 0 Å². The SMILES string of the molecule is CNC(c1cnc(C)n1C)C1(N(C)C)CCCC1. The quantitative estimate of drug-likeness (QED) is 0.885. The number of aryl methyl sites for hydroxylation is 1. The minimum absolute atomic E-state index is 0.231. The van der Waals surface area contributed by atoms with Crippen LogP contribution in [0.15, 0.2) is 6.20 Å². The van der Waals surface area contributed by atoms with E-state index < -0.39 is 0 Å². The third-order valence-corrected chi connectivity index (χ3v) is 4.74. The fourth-order valence-electron chi connectivity index (χ4n) is 3.46. The molecule has 0 saturated heterocycles. The van der Waals surface area contributed by atoms with Crippen molar-refractivity contribution in [2.24, 2.45) is 7.05 Å². The molecule has 4 heteroatoms. The van der Waals surface area contributed by atoms with E-state index >= 15 is 0 Å². The molecule has 1 heterocycles. The summed E-state index contributed by atoms with van der Waals surface area (Å²) in [6, 6.07) is 0.348. The lowest BCUT2D eigenvalue weighted by atomic mass is 9.85. The standard InChI is InChI=1S/C14H26N4/c1-11-16-10-12(18(11)5)13(15-2)14(17(3)4)8-6-7-9-14/h10,13,15H,6-9H2,1-5H3. The molecule has 1 aliphatic rings. The van der Waals surface area contributed by atoms with Gasteiger partial charge in [0.15, 0.2) is 0 Å². The Labute approximate surface area is 110 Å². The summed E-state index contributed by atoms with van der Waals surface area (Å²) in [5.41, 5.74) is 1.53. The van der Waals surface area contributed by atoms with Gasteiger partial charge < -0.3 is 14.8 Å². The first kappa shape index (κ1) is 13.6. The van der Waals surface area contributed by atoms with Crippen LogP contribution < -0.4 is 5.32 Å². The van der Waals surface area contributed by atoms with Crippen molar-refractivity contribution in [3.63, 3.8) is 0 Å². The van der Waals surface area contributed by atoms with Gasteiger partial charge in [-0.15, -0.1) is 0 Å². The first-order chi connectivity index (χ1) is 8.53. The molecular formula is C14H26N4. The van der Waals surface area contributed by atoms with E-state index in [-0.39, 0.29) is 5.54 Å². The van der Waals surface area contributed by atoms with E-state index in [9.17, 15) is 0 Å². The van der Waals surface area contributed by atoms with E-state index in [1.807, 2.05) is 6.20 Å². The molecule has 1 unspecified atom stereocenters. The number of likely N-dealkylation sites (N-methyl/N-ethyl adjacent to an activating group) is 2. The van der Waals surface area contributed by atoms with Gasteiger partial charge in [0.05, 0.1) is 17.9 Å². The monoisotopic (exact) mass is 250 g/mol. The molecular weight excluding hydrogens is 224 g/mol. The van der Waals surface area contributed by atoms with Gasteiger partial charge in [-0.1, -0.05) is 12.8 Å². The van der Waals surface area contributed by atoms with E-state index in [0.29, 0.717) is 6.04 Å².